The van der Waals surface area contributed by atoms with Gasteiger partial charge in [-0.1, -0.05) is 24.6 Å². The summed E-state index contributed by atoms with van der Waals surface area (Å²) in [5.41, 5.74) is 0.522. The van der Waals surface area contributed by atoms with Crippen molar-refractivity contribution >= 4 is 33.7 Å². The number of carbonyl (C=O) groups is 1. The molecule has 0 heterocycles. The van der Waals surface area contributed by atoms with E-state index in [-0.39, 0.29) is 16.0 Å². The number of sulfonamides is 1. The van der Waals surface area contributed by atoms with E-state index in [0.717, 1.165) is 6.08 Å². The summed E-state index contributed by atoms with van der Waals surface area (Å²) in [7, 11) is -3.67. The smallest absolute Gasteiger partial charge is 0.328 e. The van der Waals surface area contributed by atoms with Gasteiger partial charge >= 0.3 is 5.97 Å². The molecule has 0 aromatic heterocycles. The minimum atomic E-state index is -3.67. The molecule has 0 aliphatic rings. The lowest BCUT2D eigenvalue weighted by atomic mass is 10.2. The minimum Gasteiger partial charge on any atom is -0.478 e. The van der Waals surface area contributed by atoms with Gasteiger partial charge in [0.05, 0.1) is 5.02 Å². The number of hydrogen-bond donors (Lipinski definition) is 1. The van der Waals surface area contributed by atoms with Gasteiger partial charge < -0.3 is 5.11 Å². The van der Waals surface area contributed by atoms with E-state index in [2.05, 4.69) is 0 Å². The molecule has 0 fully saturated rings. The van der Waals surface area contributed by atoms with Gasteiger partial charge in [-0.25, -0.2) is 13.2 Å². The maximum absolute atomic E-state index is 12.5. The molecule has 0 aliphatic carbocycles. The Balaban J connectivity index is 3.24. The van der Waals surface area contributed by atoms with Crippen LogP contribution in [0.3, 0.4) is 0 Å². The number of carboxylic acid groups (broad SMARTS) is 1. The van der Waals surface area contributed by atoms with Crippen LogP contribution >= 0.6 is 11.6 Å². The number of halogens is 1. The van der Waals surface area contributed by atoms with Gasteiger partial charge in [-0.3, -0.25) is 0 Å². The van der Waals surface area contributed by atoms with Gasteiger partial charge in [-0.15, -0.1) is 0 Å². The predicted molar refractivity (Wildman–Crippen MR) is 82.8 cm³/mol. The summed E-state index contributed by atoms with van der Waals surface area (Å²) < 4.78 is 26.4. The van der Waals surface area contributed by atoms with Crippen LogP contribution in [0.1, 0.15) is 26.3 Å². The van der Waals surface area contributed by atoms with Crippen LogP contribution in [0, 0.1) is 0 Å². The zero-order chi connectivity index (χ0) is 16.2. The highest BCUT2D eigenvalue weighted by Crippen LogP contribution is 2.27. The van der Waals surface area contributed by atoms with Crippen LogP contribution in [0.2, 0.25) is 5.02 Å². The maximum Gasteiger partial charge on any atom is 0.328 e. The molecule has 0 amide bonds. The van der Waals surface area contributed by atoms with Crippen LogP contribution in [-0.2, 0) is 14.8 Å². The van der Waals surface area contributed by atoms with Crippen molar-refractivity contribution in [2.75, 3.05) is 6.54 Å². The molecule has 1 aromatic carbocycles. The van der Waals surface area contributed by atoms with Crippen molar-refractivity contribution < 1.29 is 18.3 Å². The molecule has 0 aliphatic heterocycles. The molecule has 21 heavy (non-hydrogen) atoms. The second-order valence-corrected chi connectivity index (χ2v) is 6.93. The first-order valence-corrected chi connectivity index (χ1v) is 8.24. The van der Waals surface area contributed by atoms with Crippen molar-refractivity contribution in [1.82, 2.24) is 4.31 Å². The molecule has 0 radical (unpaired) electrons. The number of rotatable bonds is 6. The molecule has 1 aromatic rings. The van der Waals surface area contributed by atoms with Crippen LogP contribution in [0.15, 0.2) is 29.2 Å². The molecule has 0 atom stereocenters. The molecule has 5 nitrogen and oxygen atoms in total. The van der Waals surface area contributed by atoms with Crippen molar-refractivity contribution in [1.29, 1.82) is 0 Å². The zero-order valence-electron chi connectivity index (χ0n) is 12.1. The molecule has 1 N–H and O–H groups in total. The molecule has 0 spiro atoms. The number of carboxylic acids is 1. The van der Waals surface area contributed by atoms with Crippen molar-refractivity contribution in [3.63, 3.8) is 0 Å². The Labute approximate surface area is 129 Å². The van der Waals surface area contributed by atoms with Crippen molar-refractivity contribution in [3.05, 3.63) is 34.9 Å². The Morgan fingerprint density at radius 1 is 1.43 bits per heavy atom. The van der Waals surface area contributed by atoms with E-state index in [1.165, 1.54) is 28.6 Å². The molecule has 116 valence electrons. The van der Waals surface area contributed by atoms with E-state index >= 15 is 0 Å². The molecule has 0 bridgehead atoms. The van der Waals surface area contributed by atoms with Gasteiger partial charge in [0, 0.05) is 18.7 Å². The summed E-state index contributed by atoms with van der Waals surface area (Å²) in [5.74, 6) is -1.08. The lowest BCUT2D eigenvalue weighted by Gasteiger charge is -2.24. The SMILES string of the molecule is CCN(C(C)C)S(=O)(=O)c1ccc(C=CC(=O)O)cc1Cl. The number of hydrogen-bond acceptors (Lipinski definition) is 3. The van der Waals surface area contributed by atoms with E-state index in [1.807, 2.05) is 0 Å². The first kappa shape index (κ1) is 17.7. The normalized spacial score (nSPS) is 12.5. The Morgan fingerprint density at radius 2 is 2.05 bits per heavy atom. The fraction of sp³-hybridized carbons (Fsp3) is 0.357. The van der Waals surface area contributed by atoms with Gasteiger partial charge in [-0.2, -0.15) is 4.31 Å². The van der Waals surface area contributed by atoms with Crippen molar-refractivity contribution in [2.24, 2.45) is 0 Å². The van der Waals surface area contributed by atoms with Crippen LogP contribution in [-0.4, -0.2) is 36.4 Å². The monoisotopic (exact) mass is 331 g/mol. The number of benzene rings is 1. The Bertz CT molecular complexity index is 653. The topological polar surface area (TPSA) is 74.7 Å². The quantitative estimate of drug-likeness (QED) is 0.813. The third kappa shape index (κ3) is 4.30. The maximum atomic E-state index is 12.5. The van der Waals surface area contributed by atoms with Crippen molar-refractivity contribution in [3.8, 4) is 0 Å². The molecule has 0 saturated carbocycles. The highest BCUT2D eigenvalue weighted by Gasteiger charge is 2.27. The molecular weight excluding hydrogens is 314 g/mol. The molecule has 0 unspecified atom stereocenters. The minimum absolute atomic E-state index is 0.0205. The fourth-order valence-electron chi connectivity index (χ4n) is 1.94. The standard InChI is InChI=1S/C14H18ClNO4S/c1-4-16(10(2)3)21(19,20)13-7-5-11(9-12(13)15)6-8-14(17)18/h5-10H,4H2,1-3H3,(H,17,18). The Morgan fingerprint density at radius 3 is 2.48 bits per heavy atom. The van der Waals surface area contributed by atoms with Gasteiger partial charge in [-0.05, 0) is 37.6 Å². The average Bonchev–Trinajstić information content (AvgIpc) is 2.35. The molecular formula is C14H18ClNO4S. The summed E-state index contributed by atoms with van der Waals surface area (Å²) in [5, 5.41) is 8.64. The number of nitrogens with zero attached hydrogens (tertiary/aromatic N) is 1. The lowest BCUT2D eigenvalue weighted by Crippen LogP contribution is -2.36. The Kier molecular flexibility index (Phi) is 5.95. The van der Waals surface area contributed by atoms with Gasteiger partial charge in [0.25, 0.3) is 0 Å². The molecule has 1 rings (SSSR count). The molecule has 7 heteroatoms. The third-order valence-corrected chi connectivity index (χ3v) is 5.48. The second kappa shape index (κ2) is 7.06. The largest absolute Gasteiger partial charge is 0.478 e. The lowest BCUT2D eigenvalue weighted by molar-refractivity contribution is -0.131. The summed E-state index contributed by atoms with van der Waals surface area (Å²) in [6, 6.07) is 4.17. The van der Waals surface area contributed by atoms with Crippen LogP contribution in [0.4, 0.5) is 0 Å². The zero-order valence-corrected chi connectivity index (χ0v) is 13.6. The summed E-state index contributed by atoms with van der Waals surface area (Å²) in [6.45, 7) is 5.68. The van der Waals surface area contributed by atoms with E-state index in [4.69, 9.17) is 16.7 Å². The summed E-state index contributed by atoms with van der Waals surface area (Å²) in [4.78, 5) is 10.5. The summed E-state index contributed by atoms with van der Waals surface area (Å²) >= 11 is 6.05. The fourth-order valence-corrected chi connectivity index (χ4v) is 4.11. The Hall–Kier alpha value is -1.37. The third-order valence-electron chi connectivity index (χ3n) is 2.85. The van der Waals surface area contributed by atoms with Gasteiger partial charge in [0.1, 0.15) is 4.90 Å². The number of aliphatic carboxylic acids is 1. The van der Waals surface area contributed by atoms with E-state index in [1.54, 1.807) is 20.8 Å². The average molecular weight is 332 g/mol. The first-order chi connectivity index (χ1) is 9.70. The van der Waals surface area contributed by atoms with E-state index in [0.29, 0.717) is 12.1 Å². The highest BCUT2D eigenvalue weighted by atomic mass is 35.5. The van der Waals surface area contributed by atoms with Crippen LogP contribution < -0.4 is 0 Å². The van der Waals surface area contributed by atoms with Gasteiger partial charge in [0.2, 0.25) is 10.0 Å². The summed E-state index contributed by atoms with van der Waals surface area (Å²) in [6.07, 6.45) is 2.32. The van der Waals surface area contributed by atoms with E-state index < -0.39 is 16.0 Å². The highest BCUT2D eigenvalue weighted by molar-refractivity contribution is 7.89. The first-order valence-electron chi connectivity index (χ1n) is 6.42. The van der Waals surface area contributed by atoms with Gasteiger partial charge in [0.15, 0.2) is 0 Å². The predicted octanol–water partition coefficient (Wildman–Crippen LogP) is 2.86. The second-order valence-electron chi connectivity index (χ2n) is 4.66. The van der Waals surface area contributed by atoms with E-state index in [9.17, 15) is 13.2 Å². The van der Waals surface area contributed by atoms with Crippen LogP contribution in [0.25, 0.3) is 6.08 Å². The van der Waals surface area contributed by atoms with Crippen LogP contribution in [0.5, 0.6) is 0 Å². The van der Waals surface area contributed by atoms with Crippen molar-refractivity contribution in [2.45, 2.75) is 31.7 Å². The molecule has 0 saturated heterocycles.